The van der Waals surface area contributed by atoms with Gasteiger partial charge >= 0.3 is 0 Å². The van der Waals surface area contributed by atoms with E-state index in [1.165, 1.54) is 31.4 Å². The van der Waals surface area contributed by atoms with Crippen molar-refractivity contribution in [2.24, 2.45) is 0 Å². The lowest BCUT2D eigenvalue weighted by atomic mass is 10.3. The number of benzene rings is 1. The van der Waals surface area contributed by atoms with Gasteiger partial charge in [-0.15, -0.1) is 12.4 Å². The molecule has 0 unspecified atom stereocenters. The van der Waals surface area contributed by atoms with Gasteiger partial charge in [-0.2, -0.15) is 0 Å². The molecule has 0 spiro atoms. The molecule has 1 N–H and O–H groups in total. The molecule has 0 aliphatic heterocycles. The third kappa shape index (κ3) is 4.20. The molecule has 0 radical (unpaired) electrons. The van der Waals surface area contributed by atoms with Crippen LogP contribution in [0.3, 0.4) is 0 Å². The first-order chi connectivity index (χ1) is 6.22. The smallest absolute Gasteiger partial charge is 0.250 e. The lowest BCUT2D eigenvalue weighted by molar-refractivity contribution is -0.119. The molecule has 1 rings (SSSR count). The quantitative estimate of drug-likeness (QED) is 0.843. The van der Waals surface area contributed by atoms with Crippen molar-refractivity contribution < 1.29 is 13.9 Å². The van der Waals surface area contributed by atoms with Gasteiger partial charge in [0.05, 0.1) is 0 Å². The van der Waals surface area contributed by atoms with E-state index < -0.39 is 0 Å². The van der Waals surface area contributed by atoms with Crippen LogP contribution in [-0.2, 0) is 9.53 Å². The molecule has 0 aliphatic carbocycles. The maximum atomic E-state index is 12.4. The summed E-state index contributed by atoms with van der Waals surface area (Å²) >= 11 is 0. The number of halogens is 2. The van der Waals surface area contributed by atoms with Crippen LogP contribution in [0.4, 0.5) is 10.1 Å². The number of ether oxygens (including phenoxy) is 1. The Morgan fingerprint density at radius 3 is 2.50 bits per heavy atom. The van der Waals surface area contributed by atoms with Crippen LogP contribution < -0.4 is 5.32 Å². The summed E-state index contributed by atoms with van der Waals surface area (Å²) in [7, 11) is 1.43. The highest BCUT2D eigenvalue weighted by Gasteiger charge is 2.00. The third-order valence-corrected chi connectivity index (χ3v) is 1.40. The van der Waals surface area contributed by atoms with Crippen LogP contribution in [-0.4, -0.2) is 19.6 Å². The maximum absolute atomic E-state index is 12.4. The Hall–Kier alpha value is -1.13. The molecule has 0 heterocycles. The highest BCUT2D eigenvalue weighted by molar-refractivity contribution is 5.91. The van der Waals surface area contributed by atoms with E-state index in [2.05, 4.69) is 10.1 Å². The average Bonchev–Trinajstić information content (AvgIpc) is 2.09. The number of carbonyl (C=O) groups excluding carboxylic acids is 1. The minimum absolute atomic E-state index is 0. The SMILES string of the molecule is COCC(=O)Nc1ccc(F)cc1.Cl. The van der Waals surface area contributed by atoms with Crippen LogP contribution in [0, 0.1) is 5.82 Å². The molecular formula is C9H11ClFNO2. The van der Waals surface area contributed by atoms with Gasteiger partial charge in [-0.1, -0.05) is 0 Å². The van der Waals surface area contributed by atoms with Crippen LogP contribution in [0.2, 0.25) is 0 Å². The van der Waals surface area contributed by atoms with Crippen LogP contribution >= 0.6 is 12.4 Å². The number of carbonyl (C=O) groups is 1. The summed E-state index contributed by atoms with van der Waals surface area (Å²) < 4.78 is 17.0. The summed E-state index contributed by atoms with van der Waals surface area (Å²) in [5, 5.41) is 2.54. The topological polar surface area (TPSA) is 38.3 Å². The van der Waals surface area contributed by atoms with Crippen molar-refractivity contribution in [3.63, 3.8) is 0 Å². The second kappa shape index (κ2) is 6.34. The molecule has 0 atom stereocenters. The van der Waals surface area contributed by atoms with E-state index in [1.807, 2.05) is 0 Å². The molecule has 1 aromatic rings. The van der Waals surface area contributed by atoms with Crippen LogP contribution in [0.25, 0.3) is 0 Å². The molecule has 14 heavy (non-hydrogen) atoms. The average molecular weight is 220 g/mol. The molecule has 0 aromatic heterocycles. The molecule has 3 nitrogen and oxygen atoms in total. The van der Waals surface area contributed by atoms with Crippen molar-refractivity contribution >= 4 is 24.0 Å². The number of hydrogen-bond donors (Lipinski definition) is 1. The molecule has 0 fully saturated rings. The lowest BCUT2D eigenvalue weighted by Crippen LogP contribution is -2.16. The summed E-state index contributed by atoms with van der Waals surface area (Å²) in [6.45, 7) is -0.00260. The Kier molecular flexibility index (Phi) is 5.83. The predicted octanol–water partition coefficient (Wildman–Crippen LogP) is 1.83. The number of hydrogen-bond acceptors (Lipinski definition) is 2. The number of rotatable bonds is 3. The van der Waals surface area contributed by atoms with E-state index in [-0.39, 0.29) is 30.7 Å². The molecule has 0 aliphatic rings. The van der Waals surface area contributed by atoms with Crippen LogP contribution in [0.1, 0.15) is 0 Å². The summed E-state index contributed by atoms with van der Waals surface area (Å²) in [4.78, 5) is 11.0. The molecule has 0 saturated carbocycles. The van der Waals surface area contributed by atoms with Crippen molar-refractivity contribution in [1.29, 1.82) is 0 Å². The van der Waals surface area contributed by atoms with E-state index in [0.717, 1.165) is 0 Å². The normalized spacial score (nSPS) is 9.00. The molecule has 0 saturated heterocycles. The van der Waals surface area contributed by atoms with Crippen molar-refractivity contribution in [1.82, 2.24) is 0 Å². The third-order valence-electron chi connectivity index (χ3n) is 1.40. The second-order valence-corrected chi connectivity index (χ2v) is 2.49. The van der Waals surface area contributed by atoms with E-state index in [4.69, 9.17) is 0 Å². The predicted molar refractivity (Wildman–Crippen MR) is 54.2 cm³/mol. The van der Waals surface area contributed by atoms with E-state index >= 15 is 0 Å². The van der Waals surface area contributed by atoms with E-state index in [9.17, 15) is 9.18 Å². The largest absolute Gasteiger partial charge is 0.375 e. The Morgan fingerprint density at radius 1 is 1.43 bits per heavy atom. The molecule has 5 heteroatoms. The van der Waals surface area contributed by atoms with Gasteiger partial charge in [-0.25, -0.2) is 4.39 Å². The second-order valence-electron chi connectivity index (χ2n) is 2.49. The van der Waals surface area contributed by atoms with Gasteiger partial charge in [0.2, 0.25) is 5.91 Å². The highest BCUT2D eigenvalue weighted by Crippen LogP contribution is 2.07. The van der Waals surface area contributed by atoms with Gasteiger partial charge < -0.3 is 10.1 Å². The van der Waals surface area contributed by atoms with Gasteiger partial charge in [-0.3, -0.25) is 4.79 Å². The minimum atomic E-state index is -0.329. The minimum Gasteiger partial charge on any atom is -0.375 e. The zero-order valence-corrected chi connectivity index (χ0v) is 8.44. The summed E-state index contributed by atoms with van der Waals surface area (Å²) in [5.41, 5.74) is 0.559. The highest BCUT2D eigenvalue weighted by atomic mass is 35.5. The lowest BCUT2D eigenvalue weighted by Gasteiger charge is -2.03. The van der Waals surface area contributed by atoms with Gasteiger partial charge in [0.15, 0.2) is 0 Å². The Bertz CT molecular complexity index is 289. The van der Waals surface area contributed by atoms with E-state index in [1.54, 1.807) is 0 Å². The van der Waals surface area contributed by atoms with Gasteiger partial charge in [-0.05, 0) is 24.3 Å². The van der Waals surface area contributed by atoms with Gasteiger partial charge in [0.25, 0.3) is 0 Å². The monoisotopic (exact) mass is 219 g/mol. The Balaban J connectivity index is 0.00000169. The zero-order chi connectivity index (χ0) is 9.68. The summed E-state index contributed by atoms with van der Waals surface area (Å²) in [6, 6.07) is 5.54. The van der Waals surface area contributed by atoms with Crippen molar-refractivity contribution in [3.8, 4) is 0 Å². The maximum Gasteiger partial charge on any atom is 0.250 e. The van der Waals surface area contributed by atoms with Crippen LogP contribution in [0.5, 0.6) is 0 Å². The fourth-order valence-electron chi connectivity index (χ4n) is 0.861. The first kappa shape index (κ1) is 12.9. The Morgan fingerprint density at radius 2 is 2.00 bits per heavy atom. The molecular weight excluding hydrogens is 209 g/mol. The van der Waals surface area contributed by atoms with Crippen molar-refractivity contribution in [2.75, 3.05) is 19.0 Å². The number of anilines is 1. The van der Waals surface area contributed by atoms with Crippen molar-refractivity contribution in [2.45, 2.75) is 0 Å². The Labute approximate surface area is 87.7 Å². The van der Waals surface area contributed by atoms with Crippen LogP contribution in [0.15, 0.2) is 24.3 Å². The molecule has 0 bridgehead atoms. The molecule has 78 valence electrons. The standard InChI is InChI=1S/C9H10FNO2.ClH/c1-13-6-9(12)11-8-4-2-7(10)3-5-8;/h2-5H,6H2,1H3,(H,11,12);1H. The van der Waals surface area contributed by atoms with Gasteiger partial charge in [0.1, 0.15) is 12.4 Å². The fourth-order valence-corrected chi connectivity index (χ4v) is 0.861. The number of amides is 1. The number of nitrogens with one attached hydrogen (secondary N) is 1. The molecule has 1 aromatic carbocycles. The first-order valence-electron chi connectivity index (χ1n) is 3.76. The zero-order valence-electron chi connectivity index (χ0n) is 7.62. The molecule has 1 amide bonds. The van der Waals surface area contributed by atoms with Crippen molar-refractivity contribution in [3.05, 3.63) is 30.1 Å². The summed E-state index contributed by atoms with van der Waals surface area (Å²) in [5.74, 6) is -0.584. The first-order valence-corrected chi connectivity index (χ1v) is 3.76. The summed E-state index contributed by atoms with van der Waals surface area (Å²) in [6.07, 6.45) is 0. The fraction of sp³-hybridized carbons (Fsp3) is 0.222. The van der Waals surface area contributed by atoms with E-state index in [0.29, 0.717) is 5.69 Å². The van der Waals surface area contributed by atoms with Gasteiger partial charge in [0, 0.05) is 12.8 Å². The number of methoxy groups -OCH3 is 1.